The number of benzene rings is 4. The van der Waals surface area contributed by atoms with Crippen molar-refractivity contribution in [2.45, 2.75) is 25.2 Å². The number of amides is 1. The first kappa shape index (κ1) is 70.4. The zero-order valence-electron chi connectivity index (χ0n) is 42.7. The summed E-state index contributed by atoms with van der Waals surface area (Å²) in [7, 11) is 3.22. The van der Waals surface area contributed by atoms with Crippen LogP contribution < -0.4 is 9.47 Å². The Bertz CT molecular complexity index is 3020. The fraction of sp³-hybridized carbons (Fsp3) is 0.138. The fourth-order valence-corrected chi connectivity index (χ4v) is 8.36. The van der Waals surface area contributed by atoms with E-state index in [1.807, 2.05) is 83.8 Å². The molecule has 0 N–H and O–H groups in total. The molecule has 0 radical (unpaired) electrons. The maximum absolute atomic E-state index is 12.1. The predicted molar refractivity (Wildman–Crippen MR) is 336 cm³/mol. The lowest BCUT2D eigenvalue weighted by Gasteiger charge is -2.14. The zero-order chi connectivity index (χ0) is 59.6. The molecule has 6 heterocycles. The van der Waals surface area contributed by atoms with Gasteiger partial charge in [0, 0.05) is 101 Å². The van der Waals surface area contributed by atoms with E-state index in [1.165, 1.54) is 11.1 Å². The van der Waals surface area contributed by atoms with Crippen molar-refractivity contribution in [3.63, 3.8) is 0 Å². The highest BCUT2D eigenvalue weighted by atomic mass is 79.9. The molecular formula is C58H48Br8F6N6O3. The smallest absolute Gasteiger partial charge is 0.416 e. The summed E-state index contributed by atoms with van der Waals surface area (Å²) in [5.41, 5.74) is 0.641. The summed E-state index contributed by atoms with van der Waals surface area (Å²) >= 11 is 25.6. The van der Waals surface area contributed by atoms with Gasteiger partial charge < -0.3 is 14.4 Å². The van der Waals surface area contributed by atoms with Gasteiger partial charge in [0.1, 0.15) is 10.4 Å². The summed E-state index contributed by atoms with van der Waals surface area (Å²) in [5.74, 6) is 1.61. The first-order valence-electron chi connectivity index (χ1n) is 23.4. The highest BCUT2D eigenvalue weighted by molar-refractivity contribution is 9.11. The first-order chi connectivity index (χ1) is 38.6. The Morgan fingerprint density at radius 2 is 0.975 bits per heavy atom. The van der Waals surface area contributed by atoms with Crippen LogP contribution >= 0.6 is 127 Å². The molecule has 81 heavy (non-hydrogen) atoms. The van der Waals surface area contributed by atoms with Crippen LogP contribution in [0.1, 0.15) is 34.3 Å². The third kappa shape index (κ3) is 30.3. The molecule has 1 aliphatic heterocycles. The number of pyridine rings is 5. The second-order valence-electron chi connectivity index (χ2n) is 15.6. The number of hydrogen-bond acceptors (Lipinski definition) is 8. The summed E-state index contributed by atoms with van der Waals surface area (Å²) < 4.78 is 89.4. The molecule has 0 aliphatic carbocycles. The van der Waals surface area contributed by atoms with Gasteiger partial charge >= 0.3 is 12.4 Å². The summed E-state index contributed by atoms with van der Waals surface area (Å²) in [6, 6.07) is 46.3. The number of hydrogen-bond donors (Lipinski definition) is 0. The Labute approximate surface area is 533 Å². The summed E-state index contributed by atoms with van der Waals surface area (Å²) in [6.07, 6.45) is 6.49. The minimum absolute atomic E-state index is 0.0742. The number of nitrogens with zero attached hydrogens (tertiary/aromatic N) is 6. The van der Waals surface area contributed by atoms with Gasteiger partial charge in [-0.05, 0) is 191 Å². The van der Waals surface area contributed by atoms with Crippen LogP contribution in [0.3, 0.4) is 0 Å². The standard InChI is InChI=1S/C12H9Br.C11H12BrNO.C8H3BrF6.2C6H6BrNO.3C5H4BrN/c13-12-8-6-11(7-9-12)10-4-2-1-3-5-10;12-10-5-3-9(4-6-10)11(14)13-7-1-2-8-13;9-6-2-4(7(10,11)12)1-5(3-6)8(13,14)15;1-9-6-2-3-8-4-5(6)7;1-9-6-3-2-5(7)4-8-6;6-5-1-3-7-4-2-5;6-5-2-1-3-7-4-5;6-5-3-1-2-4-7-5/h1-9H;3-6H,1-2,7-8H2;1-3H;2*2-4H,1H3;3*1-4H. The minimum atomic E-state index is -4.79. The Balaban J connectivity index is 0.000000247. The molecule has 4 aromatic carbocycles. The molecule has 0 bridgehead atoms. The van der Waals surface area contributed by atoms with Gasteiger partial charge in [0.2, 0.25) is 5.88 Å². The molecule has 10 rings (SSSR count). The number of carbonyl (C=O) groups excluding carboxylic acids is 1. The van der Waals surface area contributed by atoms with Crippen molar-refractivity contribution in [3.05, 3.63) is 260 Å². The number of alkyl halides is 6. The van der Waals surface area contributed by atoms with E-state index in [9.17, 15) is 31.1 Å². The molecule has 5 aromatic heterocycles. The normalized spacial score (nSPS) is 11.0. The minimum Gasteiger partial charge on any atom is -0.495 e. The van der Waals surface area contributed by atoms with Gasteiger partial charge in [-0.25, -0.2) is 9.97 Å². The Kier molecular flexibility index (Phi) is 33.7. The molecule has 0 spiro atoms. The van der Waals surface area contributed by atoms with E-state index in [0.717, 1.165) is 68.7 Å². The van der Waals surface area contributed by atoms with E-state index in [4.69, 9.17) is 9.47 Å². The van der Waals surface area contributed by atoms with Crippen molar-refractivity contribution in [2.24, 2.45) is 0 Å². The first-order valence-corrected chi connectivity index (χ1v) is 29.7. The maximum atomic E-state index is 12.1. The average Bonchev–Trinajstić information content (AvgIpc) is 4.02. The summed E-state index contributed by atoms with van der Waals surface area (Å²) in [6.45, 7) is 1.82. The molecule has 1 amide bonds. The largest absolute Gasteiger partial charge is 0.495 e. The molecule has 23 heteroatoms. The number of halogens is 14. The number of rotatable bonds is 4. The molecular weight excluding hydrogens is 1580 g/mol. The third-order valence-electron chi connectivity index (χ3n) is 9.75. The third-order valence-corrected chi connectivity index (χ3v) is 13.8. The monoisotopic (exact) mass is 1620 g/mol. The molecule has 1 aliphatic rings. The molecule has 0 atom stereocenters. The van der Waals surface area contributed by atoms with Crippen molar-refractivity contribution >= 4 is 133 Å². The van der Waals surface area contributed by atoms with Crippen LogP contribution in [0, 0.1) is 0 Å². The molecule has 1 fully saturated rings. The molecule has 1 saturated heterocycles. The van der Waals surface area contributed by atoms with E-state index in [-0.39, 0.29) is 16.4 Å². The van der Waals surface area contributed by atoms with Crippen molar-refractivity contribution in [1.82, 2.24) is 29.8 Å². The van der Waals surface area contributed by atoms with E-state index < -0.39 is 23.5 Å². The Morgan fingerprint density at radius 3 is 1.38 bits per heavy atom. The van der Waals surface area contributed by atoms with Crippen LogP contribution in [0.4, 0.5) is 26.3 Å². The molecule has 0 saturated carbocycles. The maximum Gasteiger partial charge on any atom is 0.416 e. The van der Waals surface area contributed by atoms with Gasteiger partial charge in [-0.3, -0.25) is 19.7 Å². The quantitative estimate of drug-likeness (QED) is 0.127. The topological polar surface area (TPSA) is 103 Å². The van der Waals surface area contributed by atoms with Gasteiger partial charge in [0.15, 0.2) is 0 Å². The van der Waals surface area contributed by atoms with Crippen molar-refractivity contribution in [1.29, 1.82) is 0 Å². The second kappa shape index (κ2) is 38.8. The van der Waals surface area contributed by atoms with Crippen molar-refractivity contribution < 1.29 is 40.6 Å². The van der Waals surface area contributed by atoms with E-state index >= 15 is 0 Å². The lowest BCUT2D eigenvalue weighted by molar-refractivity contribution is -0.143. The van der Waals surface area contributed by atoms with E-state index in [2.05, 4.69) is 201 Å². The van der Waals surface area contributed by atoms with E-state index in [0.29, 0.717) is 18.0 Å². The molecule has 9 nitrogen and oxygen atoms in total. The van der Waals surface area contributed by atoms with Crippen LogP contribution in [0.2, 0.25) is 0 Å². The number of ether oxygens (including phenoxy) is 2. The fourth-order valence-electron chi connectivity index (χ4n) is 5.91. The van der Waals surface area contributed by atoms with Gasteiger partial charge in [-0.1, -0.05) is 112 Å². The molecule has 0 unspecified atom stereocenters. The number of aromatic nitrogens is 5. The Morgan fingerprint density at radius 1 is 0.457 bits per heavy atom. The van der Waals surface area contributed by atoms with Crippen LogP contribution in [0.5, 0.6) is 11.6 Å². The number of carbonyl (C=O) groups is 1. The van der Waals surface area contributed by atoms with Crippen LogP contribution in [-0.2, 0) is 12.4 Å². The average molecular weight is 1630 g/mol. The zero-order valence-corrected chi connectivity index (χ0v) is 55.3. The van der Waals surface area contributed by atoms with Crippen LogP contribution in [0.25, 0.3) is 11.1 Å². The second-order valence-corrected chi connectivity index (χ2v) is 22.8. The highest BCUT2D eigenvalue weighted by Gasteiger charge is 2.36. The lowest BCUT2D eigenvalue weighted by atomic mass is 10.1. The molecule has 426 valence electrons. The van der Waals surface area contributed by atoms with E-state index in [1.54, 1.807) is 75.9 Å². The van der Waals surface area contributed by atoms with Gasteiger partial charge in [0.25, 0.3) is 5.91 Å². The van der Waals surface area contributed by atoms with Crippen LogP contribution in [-0.4, -0.2) is 63.0 Å². The summed E-state index contributed by atoms with van der Waals surface area (Å²) in [5, 5.41) is 0. The van der Waals surface area contributed by atoms with Crippen molar-refractivity contribution in [2.75, 3.05) is 27.3 Å². The lowest BCUT2D eigenvalue weighted by Crippen LogP contribution is -2.27. The van der Waals surface area contributed by atoms with Crippen LogP contribution in [0.15, 0.2) is 243 Å². The predicted octanol–water partition coefficient (Wildman–Crippen LogP) is 20.5. The van der Waals surface area contributed by atoms with Crippen molar-refractivity contribution in [3.8, 4) is 22.8 Å². The molecule has 9 aromatic rings. The highest BCUT2D eigenvalue weighted by Crippen LogP contribution is 2.37. The number of likely N-dealkylation sites (tertiary alicyclic amines) is 1. The Hall–Kier alpha value is -4.88. The van der Waals surface area contributed by atoms with Gasteiger partial charge in [0.05, 0.1) is 29.8 Å². The summed E-state index contributed by atoms with van der Waals surface area (Å²) in [4.78, 5) is 33.1. The number of methoxy groups -OCH3 is 2. The van der Waals surface area contributed by atoms with Gasteiger partial charge in [-0.15, -0.1) is 0 Å². The SMILES string of the molecule is Brc1ccc(-c2ccccc2)cc1.Brc1ccccn1.Brc1cccnc1.Brc1ccncc1.COc1ccc(Br)cn1.COc1ccncc1Br.FC(F)(F)c1cc(Br)cc(C(F)(F)F)c1.O=C(c1ccc(Br)cc1)N1CCCC1. The van der Waals surface area contributed by atoms with Gasteiger partial charge in [-0.2, -0.15) is 26.3 Å².